The van der Waals surface area contributed by atoms with Crippen molar-refractivity contribution in [2.75, 3.05) is 39.6 Å². The van der Waals surface area contributed by atoms with Gasteiger partial charge in [0, 0.05) is 25.7 Å². The van der Waals surface area contributed by atoms with Gasteiger partial charge in [0.1, 0.15) is 19.3 Å². The van der Waals surface area contributed by atoms with Crippen molar-refractivity contribution in [2.24, 2.45) is 0 Å². The highest BCUT2D eigenvalue weighted by Gasteiger charge is 2.30. The van der Waals surface area contributed by atoms with Crippen LogP contribution < -0.4 is 0 Å². The molecule has 0 aliphatic heterocycles. The number of aliphatic hydroxyl groups excluding tert-OH is 1. The number of phosphoric ester groups is 2. The fourth-order valence-electron chi connectivity index (χ4n) is 10.9. The second-order valence-corrected chi connectivity index (χ2v) is 29.9. The Balaban J connectivity index is 5.37. The van der Waals surface area contributed by atoms with Crippen LogP contribution in [0.4, 0.5) is 0 Å². The molecular weight excluding hydrogens is 1310 g/mol. The molecule has 582 valence electrons. The summed E-state index contributed by atoms with van der Waals surface area (Å²) >= 11 is 0. The zero-order valence-electron chi connectivity index (χ0n) is 63.6. The van der Waals surface area contributed by atoms with Crippen LogP contribution in [0.5, 0.6) is 0 Å². The maximum absolute atomic E-state index is 13.1. The predicted molar refractivity (Wildman–Crippen MR) is 409 cm³/mol. The van der Waals surface area contributed by atoms with Gasteiger partial charge in [-0.05, 0) is 141 Å². The number of carbonyl (C=O) groups is 4. The van der Waals surface area contributed by atoms with Gasteiger partial charge in [-0.2, -0.15) is 0 Å². The van der Waals surface area contributed by atoms with Crippen LogP contribution in [0.2, 0.25) is 0 Å². The van der Waals surface area contributed by atoms with E-state index in [9.17, 15) is 43.2 Å². The Labute approximate surface area is 609 Å². The van der Waals surface area contributed by atoms with Crippen molar-refractivity contribution in [3.05, 3.63) is 72.9 Å². The van der Waals surface area contributed by atoms with Gasteiger partial charge in [-0.3, -0.25) is 37.3 Å². The summed E-state index contributed by atoms with van der Waals surface area (Å²) < 4.78 is 68.6. The molecule has 3 unspecified atom stereocenters. The SMILES string of the molecule is CCCCC/C=C\C/C=C\CCCCCCCC(=O)OC[C@H](COP(=O)(O)OCC(O)COP(=O)(O)OC[C@@H](COC(=O)CCCCCCC/C=C\CCCCCCCC)OC(=O)CCCCCCC/C=C\CCCCCCCC)OC(=O)CCCCCCC/C=C\C/C=C\CCCCC. The Bertz CT molecular complexity index is 2180. The van der Waals surface area contributed by atoms with Gasteiger partial charge >= 0.3 is 39.5 Å². The van der Waals surface area contributed by atoms with Crippen LogP contribution in [0, 0.1) is 0 Å². The van der Waals surface area contributed by atoms with Crippen LogP contribution >= 0.6 is 15.6 Å². The molecule has 0 fully saturated rings. The number of unbranched alkanes of at least 4 members (excludes halogenated alkanes) is 38. The summed E-state index contributed by atoms with van der Waals surface area (Å²) in [6, 6.07) is 0. The minimum Gasteiger partial charge on any atom is -0.462 e. The highest BCUT2D eigenvalue weighted by molar-refractivity contribution is 7.47. The van der Waals surface area contributed by atoms with Gasteiger partial charge in [0.05, 0.1) is 26.4 Å². The second-order valence-electron chi connectivity index (χ2n) is 27.0. The van der Waals surface area contributed by atoms with Crippen LogP contribution in [0.1, 0.15) is 362 Å². The Morgan fingerprint density at radius 1 is 0.280 bits per heavy atom. The minimum absolute atomic E-state index is 0.0779. The normalized spacial score (nSPS) is 14.3. The zero-order valence-corrected chi connectivity index (χ0v) is 65.4. The Morgan fingerprint density at radius 2 is 0.490 bits per heavy atom. The monoisotopic (exact) mass is 1450 g/mol. The number of hydrogen-bond acceptors (Lipinski definition) is 15. The molecule has 3 N–H and O–H groups in total. The van der Waals surface area contributed by atoms with E-state index in [1.807, 2.05) is 0 Å². The molecule has 0 saturated heterocycles. The molecule has 0 aliphatic carbocycles. The van der Waals surface area contributed by atoms with Gasteiger partial charge in [0.25, 0.3) is 0 Å². The molecule has 5 atom stereocenters. The maximum atomic E-state index is 13.1. The fraction of sp³-hybridized carbons (Fsp3) is 0.802. The average molecular weight is 1450 g/mol. The van der Waals surface area contributed by atoms with Crippen LogP contribution in [0.15, 0.2) is 72.9 Å². The van der Waals surface area contributed by atoms with Crippen LogP contribution in [-0.4, -0.2) is 96.7 Å². The number of carbonyl (C=O) groups excluding carboxylic acids is 4. The Kier molecular flexibility index (Phi) is 71.2. The van der Waals surface area contributed by atoms with Gasteiger partial charge in [0.15, 0.2) is 12.2 Å². The molecule has 0 spiro atoms. The van der Waals surface area contributed by atoms with E-state index in [0.29, 0.717) is 25.7 Å². The minimum atomic E-state index is -4.98. The van der Waals surface area contributed by atoms with Crippen molar-refractivity contribution < 1.29 is 80.2 Å². The maximum Gasteiger partial charge on any atom is 0.472 e. The smallest absolute Gasteiger partial charge is 0.462 e. The summed E-state index contributed by atoms with van der Waals surface area (Å²) in [6.07, 6.45) is 74.4. The second kappa shape index (κ2) is 73.8. The summed E-state index contributed by atoms with van der Waals surface area (Å²) in [7, 11) is -9.96. The number of allylic oxidation sites excluding steroid dienone is 12. The highest BCUT2D eigenvalue weighted by atomic mass is 31.2. The Morgan fingerprint density at radius 3 is 0.770 bits per heavy atom. The average Bonchev–Trinajstić information content (AvgIpc) is 1.01. The predicted octanol–water partition coefficient (Wildman–Crippen LogP) is 23.2. The first-order valence-electron chi connectivity index (χ1n) is 40.2. The van der Waals surface area contributed by atoms with Crippen LogP contribution in [0.25, 0.3) is 0 Å². The summed E-state index contributed by atoms with van der Waals surface area (Å²) in [5.41, 5.74) is 0. The molecule has 0 aliphatic rings. The van der Waals surface area contributed by atoms with Gasteiger partial charge in [-0.1, -0.05) is 268 Å². The van der Waals surface area contributed by atoms with Crippen LogP contribution in [-0.2, 0) is 65.4 Å². The van der Waals surface area contributed by atoms with E-state index in [1.54, 1.807) is 0 Å². The summed E-state index contributed by atoms with van der Waals surface area (Å²) in [4.78, 5) is 73.0. The molecule has 0 saturated carbocycles. The molecule has 0 amide bonds. The summed E-state index contributed by atoms with van der Waals surface area (Å²) in [6.45, 7) is 4.82. The quantitative estimate of drug-likeness (QED) is 0.0169. The topological polar surface area (TPSA) is 237 Å². The lowest BCUT2D eigenvalue weighted by Gasteiger charge is -2.21. The van der Waals surface area contributed by atoms with Gasteiger partial charge in [-0.25, -0.2) is 9.13 Å². The van der Waals surface area contributed by atoms with E-state index in [-0.39, 0.29) is 25.7 Å². The van der Waals surface area contributed by atoms with Crippen molar-refractivity contribution in [2.45, 2.75) is 380 Å². The Hall–Kier alpha value is -3.50. The van der Waals surface area contributed by atoms with Crippen molar-refractivity contribution in [1.82, 2.24) is 0 Å². The van der Waals surface area contributed by atoms with E-state index in [0.717, 1.165) is 167 Å². The van der Waals surface area contributed by atoms with Gasteiger partial charge in [0.2, 0.25) is 0 Å². The lowest BCUT2D eigenvalue weighted by atomic mass is 10.1. The first-order chi connectivity index (χ1) is 48.7. The third-order valence-corrected chi connectivity index (χ3v) is 19.0. The third kappa shape index (κ3) is 72.8. The lowest BCUT2D eigenvalue weighted by Crippen LogP contribution is -2.30. The molecule has 0 aromatic carbocycles. The molecule has 19 heteroatoms. The summed E-state index contributed by atoms with van der Waals surface area (Å²) in [5.74, 6) is -2.20. The van der Waals surface area contributed by atoms with E-state index >= 15 is 0 Å². The van der Waals surface area contributed by atoms with E-state index < -0.39 is 97.5 Å². The molecule has 0 aromatic heterocycles. The van der Waals surface area contributed by atoms with E-state index in [2.05, 4.69) is 101 Å². The van der Waals surface area contributed by atoms with Crippen LogP contribution in [0.3, 0.4) is 0 Å². The standard InChI is InChI=1S/C81H146O17P2/c1-5-9-13-17-21-25-29-33-37-41-45-49-53-57-61-65-78(83)91-71-76(97-80(85)67-63-59-55-51-47-43-39-35-31-27-23-19-15-11-7-3)73-95-99(87,88)93-69-75(82)70-94-100(89,90)96-74-77(98-81(86)68-64-60-56-52-48-44-40-36-32-28-24-20-16-12-8-4)72-92-79(84)66-62-58-54-50-46-42-38-34-30-26-22-18-14-10-6-2/h21,23,25,27,33-40,75-77,82H,5-20,22,24,26,28-32,41-74H2,1-4H3,(H,87,88)(H,89,90)/b25-21-,27-23-,37-33-,38-34-,39-35-,40-36-/t75?,76-,77-/m1/s1. The summed E-state index contributed by atoms with van der Waals surface area (Å²) in [5, 5.41) is 10.6. The highest BCUT2D eigenvalue weighted by Crippen LogP contribution is 2.45. The number of hydrogen-bond donors (Lipinski definition) is 3. The van der Waals surface area contributed by atoms with Crippen molar-refractivity contribution in [3.63, 3.8) is 0 Å². The number of phosphoric acid groups is 2. The molecule has 0 heterocycles. The van der Waals surface area contributed by atoms with Crippen molar-refractivity contribution in [1.29, 1.82) is 0 Å². The molecule has 0 radical (unpaired) electrons. The number of aliphatic hydroxyl groups is 1. The zero-order chi connectivity index (χ0) is 73.2. The molecule has 100 heavy (non-hydrogen) atoms. The number of rotatable bonds is 76. The molecule has 17 nitrogen and oxygen atoms in total. The first kappa shape index (κ1) is 96.5. The number of ether oxygens (including phenoxy) is 4. The van der Waals surface area contributed by atoms with E-state index in [1.165, 1.54) is 116 Å². The van der Waals surface area contributed by atoms with Crippen molar-refractivity contribution >= 4 is 39.5 Å². The molecule has 0 bridgehead atoms. The number of esters is 4. The molecular formula is C81H146O17P2. The first-order valence-corrected chi connectivity index (χ1v) is 43.2. The molecule has 0 aromatic rings. The van der Waals surface area contributed by atoms with E-state index in [4.69, 9.17) is 37.0 Å². The largest absolute Gasteiger partial charge is 0.472 e. The lowest BCUT2D eigenvalue weighted by molar-refractivity contribution is -0.161. The van der Waals surface area contributed by atoms with Crippen molar-refractivity contribution in [3.8, 4) is 0 Å². The van der Waals surface area contributed by atoms with Gasteiger partial charge in [-0.15, -0.1) is 0 Å². The fourth-order valence-corrected chi connectivity index (χ4v) is 12.5. The molecule has 0 rings (SSSR count). The third-order valence-electron chi connectivity index (χ3n) is 17.1. The van der Waals surface area contributed by atoms with Gasteiger partial charge < -0.3 is 33.8 Å².